The highest BCUT2D eigenvalue weighted by Gasteiger charge is 2.59. The van der Waals surface area contributed by atoms with Crippen LogP contribution in [-0.4, -0.2) is 59.6 Å². The van der Waals surface area contributed by atoms with Gasteiger partial charge in [-0.3, -0.25) is 14.4 Å². The first kappa shape index (κ1) is 32.3. The molecule has 1 saturated heterocycles. The molecular formula is C31H45N3O7. The van der Waals surface area contributed by atoms with Crippen molar-refractivity contribution in [3.8, 4) is 0 Å². The molecule has 3 rings (SSSR count). The number of nitrogens with one attached hydrogen (secondary N) is 3. The Morgan fingerprint density at radius 1 is 1.10 bits per heavy atom. The predicted molar refractivity (Wildman–Crippen MR) is 153 cm³/mol. The van der Waals surface area contributed by atoms with E-state index in [9.17, 15) is 24.3 Å². The highest BCUT2D eigenvalue weighted by molar-refractivity contribution is 5.93. The van der Waals surface area contributed by atoms with Crippen LogP contribution in [0.5, 0.6) is 0 Å². The molecule has 4 N–H and O–H groups in total. The largest absolute Gasteiger partial charge is 0.464 e. The van der Waals surface area contributed by atoms with E-state index in [4.69, 9.17) is 9.47 Å². The first-order valence-electron chi connectivity index (χ1n) is 14.2. The van der Waals surface area contributed by atoms with Gasteiger partial charge in [-0.25, -0.2) is 4.79 Å². The lowest BCUT2D eigenvalue weighted by Gasteiger charge is -2.43. The van der Waals surface area contributed by atoms with Crippen molar-refractivity contribution in [3.63, 3.8) is 0 Å². The van der Waals surface area contributed by atoms with Gasteiger partial charge in [0.25, 0.3) is 0 Å². The summed E-state index contributed by atoms with van der Waals surface area (Å²) in [6.45, 7) is 12.7. The first-order valence-corrected chi connectivity index (χ1v) is 14.2. The Bertz CT molecular complexity index is 1160. The van der Waals surface area contributed by atoms with Crippen LogP contribution in [-0.2, 0) is 35.3 Å². The fourth-order valence-corrected chi connectivity index (χ4v) is 5.13. The second-order valence-electron chi connectivity index (χ2n) is 12.9. The molecule has 0 radical (unpaired) electrons. The number of aliphatic hydroxyl groups is 1. The topological polar surface area (TPSA) is 146 Å². The molecule has 3 amide bonds. The second-order valence-corrected chi connectivity index (χ2v) is 12.9. The van der Waals surface area contributed by atoms with Crippen molar-refractivity contribution >= 4 is 23.7 Å². The van der Waals surface area contributed by atoms with Crippen LogP contribution in [0, 0.1) is 16.7 Å². The lowest BCUT2D eigenvalue weighted by atomic mass is 9.70. The van der Waals surface area contributed by atoms with Crippen LogP contribution in [0.4, 0.5) is 0 Å². The molecule has 10 nitrogen and oxygen atoms in total. The summed E-state index contributed by atoms with van der Waals surface area (Å²) in [5, 5.41) is 17.8. The third kappa shape index (κ3) is 7.95. The fourth-order valence-electron chi connectivity index (χ4n) is 5.13. The lowest BCUT2D eigenvalue weighted by molar-refractivity contribution is -0.160. The number of amides is 3. The number of cyclic esters (lactones) is 1. The summed E-state index contributed by atoms with van der Waals surface area (Å²) in [6, 6.07) is 6.83. The van der Waals surface area contributed by atoms with Crippen LogP contribution in [0.3, 0.4) is 0 Å². The Morgan fingerprint density at radius 3 is 2.37 bits per heavy atom. The molecule has 0 saturated carbocycles. The van der Waals surface area contributed by atoms with Gasteiger partial charge in [-0.15, -0.1) is 0 Å². The summed E-state index contributed by atoms with van der Waals surface area (Å²) < 4.78 is 11.9. The van der Waals surface area contributed by atoms with Crippen molar-refractivity contribution in [2.24, 2.45) is 16.7 Å². The minimum Gasteiger partial charge on any atom is -0.464 e. The van der Waals surface area contributed by atoms with E-state index in [0.29, 0.717) is 0 Å². The molecule has 1 aromatic rings. The van der Waals surface area contributed by atoms with Crippen molar-refractivity contribution in [1.82, 2.24) is 16.0 Å². The standard InChI is InChI=1S/C31H45N3O7/c1-19(25-26(41-25)22-13-11-21(17-35)12-14-22)31(18-29(3,4)5)28(39)40-15-9-8-10-23(36)32-16-24(37)33-20(2)30(6,7)27(38)34-31/h8,10-14,19-20,25-26,35H,9,15-18H2,1-7H3,(H,32,36)(H,33,37)(H,34,38)/b10-8-/t19-,20?,25-,26-,31?/m1/s1. The molecule has 226 valence electrons. The second kappa shape index (κ2) is 12.7. The maximum Gasteiger partial charge on any atom is 0.332 e. The molecule has 2 aliphatic heterocycles. The quantitative estimate of drug-likeness (QED) is 0.314. The van der Waals surface area contributed by atoms with Crippen molar-refractivity contribution in [1.29, 1.82) is 0 Å². The normalized spacial score (nSPS) is 29.4. The van der Waals surface area contributed by atoms with E-state index in [-0.39, 0.29) is 44.8 Å². The summed E-state index contributed by atoms with van der Waals surface area (Å²) in [6.07, 6.45) is 2.77. The fraction of sp³-hybridized carbons (Fsp3) is 0.613. The number of aliphatic hydroxyl groups excluding tert-OH is 1. The van der Waals surface area contributed by atoms with Gasteiger partial charge in [0.1, 0.15) is 11.6 Å². The monoisotopic (exact) mass is 571 g/mol. The van der Waals surface area contributed by atoms with E-state index in [1.54, 1.807) is 26.8 Å². The van der Waals surface area contributed by atoms with Gasteiger partial charge in [0.15, 0.2) is 0 Å². The first-order chi connectivity index (χ1) is 19.1. The van der Waals surface area contributed by atoms with Gasteiger partial charge >= 0.3 is 5.97 Å². The maximum absolute atomic E-state index is 14.1. The minimum absolute atomic E-state index is 0.00888. The van der Waals surface area contributed by atoms with Gasteiger partial charge in [-0.1, -0.05) is 58.0 Å². The number of ether oxygens (including phenoxy) is 2. The zero-order chi connectivity index (χ0) is 30.6. The molecule has 1 fully saturated rings. The van der Waals surface area contributed by atoms with E-state index >= 15 is 0 Å². The Hall–Kier alpha value is -3.24. The van der Waals surface area contributed by atoms with Crippen molar-refractivity contribution in [2.75, 3.05) is 13.2 Å². The van der Waals surface area contributed by atoms with E-state index in [1.807, 2.05) is 52.0 Å². The Kier molecular flexibility index (Phi) is 10.0. The van der Waals surface area contributed by atoms with Crippen LogP contribution in [0.2, 0.25) is 0 Å². The summed E-state index contributed by atoms with van der Waals surface area (Å²) in [5.74, 6) is -2.35. The summed E-state index contributed by atoms with van der Waals surface area (Å²) >= 11 is 0. The molecule has 2 heterocycles. The molecule has 2 aliphatic rings. The molecule has 0 spiro atoms. The van der Waals surface area contributed by atoms with Crippen molar-refractivity contribution < 1.29 is 33.8 Å². The zero-order valence-corrected chi connectivity index (χ0v) is 25.2. The lowest BCUT2D eigenvalue weighted by Crippen LogP contribution is -2.65. The van der Waals surface area contributed by atoms with E-state index in [0.717, 1.165) is 11.1 Å². The third-order valence-electron chi connectivity index (χ3n) is 8.05. The molecule has 2 unspecified atom stereocenters. The van der Waals surface area contributed by atoms with Gasteiger partial charge in [-0.05, 0) is 49.8 Å². The molecular weight excluding hydrogens is 526 g/mol. The number of hydrogen-bond donors (Lipinski definition) is 4. The van der Waals surface area contributed by atoms with Crippen LogP contribution >= 0.6 is 0 Å². The van der Waals surface area contributed by atoms with Crippen LogP contribution in [0.15, 0.2) is 36.4 Å². The molecule has 0 bridgehead atoms. The van der Waals surface area contributed by atoms with Crippen LogP contribution in [0.1, 0.15) is 78.5 Å². The Labute approximate surface area is 242 Å². The molecule has 0 aliphatic carbocycles. The van der Waals surface area contributed by atoms with E-state index in [1.165, 1.54) is 6.08 Å². The molecule has 1 aromatic carbocycles. The van der Waals surface area contributed by atoms with E-state index < -0.39 is 52.0 Å². The maximum atomic E-state index is 14.1. The Morgan fingerprint density at radius 2 is 1.76 bits per heavy atom. The molecule has 41 heavy (non-hydrogen) atoms. The molecule has 0 aromatic heterocycles. The van der Waals surface area contributed by atoms with Gasteiger partial charge in [0.05, 0.1) is 31.3 Å². The van der Waals surface area contributed by atoms with Gasteiger partial charge in [0, 0.05) is 18.4 Å². The van der Waals surface area contributed by atoms with Gasteiger partial charge in [0.2, 0.25) is 17.7 Å². The SMILES string of the molecule is CC1NC(=O)CNC(=O)/C=C\CCOC(=O)C(CC(C)(C)C)([C@H](C)[C@H]2O[C@@H]2c2ccc(CO)cc2)NC(=O)C1(C)C. The molecule has 10 heteroatoms. The van der Waals surface area contributed by atoms with Gasteiger partial charge in [-0.2, -0.15) is 0 Å². The third-order valence-corrected chi connectivity index (χ3v) is 8.05. The number of esters is 1. The average Bonchev–Trinajstić information content (AvgIpc) is 3.70. The predicted octanol–water partition coefficient (Wildman–Crippen LogP) is 2.70. The highest BCUT2D eigenvalue weighted by atomic mass is 16.6. The summed E-state index contributed by atoms with van der Waals surface area (Å²) in [4.78, 5) is 52.7. The van der Waals surface area contributed by atoms with Crippen molar-refractivity contribution in [2.45, 2.75) is 91.7 Å². The van der Waals surface area contributed by atoms with Crippen LogP contribution in [0.25, 0.3) is 0 Å². The van der Waals surface area contributed by atoms with E-state index in [2.05, 4.69) is 16.0 Å². The summed E-state index contributed by atoms with van der Waals surface area (Å²) in [5.41, 5.74) is -1.26. The summed E-state index contributed by atoms with van der Waals surface area (Å²) in [7, 11) is 0. The number of carbonyl (C=O) groups excluding carboxylic acids is 4. The van der Waals surface area contributed by atoms with Crippen molar-refractivity contribution in [3.05, 3.63) is 47.5 Å². The number of carbonyl (C=O) groups is 4. The average molecular weight is 572 g/mol. The smallest absolute Gasteiger partial charge is 0.332 e. The van der Waals surface area contributed by atoms with Gasteiger partial charge < -0.3 is 30.5 Å². The number of rotatable bonds is 5. The minimum atomic E-state index is -1.45. The number of epoxide rings is 1. The molecule has 5 atom stereocenters. The van der Waals surface area contributed by atoms with Crippen LogP contribution < -0.4 is 16.0 Å². The Balaban J connectivity index is 2.01. The number of benzene rings is 1. The highest BCUT2D eigenvalue weighted by Crippen LogP contribution is 2.49. The zero-order valence-electron chi connectivity index (χ0n) is 25.2. The number of hydrogen-bond acceptors (Lipinski definition) is 7.